The number of hydrogen-bond acceptors (Lipinski definition) is 8. The molecule has 0 unspecified atom stereocenters. The van der Waals surface area contributed by atoms with E-state index in [4.69, 9.17) is 9.47 Å². The summed E-state index contributed by atoms with van der Waals surface area (Å²) in [6.45, 7) is -0.0797. The summed E-state index contributed by atoms with van der Waals surface area (Å²) >= 11 is 0. The zero-order valence-electron chi connectivity index (χ0n) is 15.1. The fraction of sp³-hybridized carbons (Fsp3) is 0.333. The first-order valence-corrected chi connectivity index (χ1v) is 10.8. The van der Waals surface area contributed by atoms with Gasteiger partial charge in [-0.15, -0.1) is 0 Å². The first-order chi connectivity index (χ1) is 13.9. The van der Waals surface area contributed by atoms with E-state index in [0.717, 1.165) is 0 Å². The molecule has 29 heavy (non-hydrogen) atoms. The lowest BCUT2D eigenvalue weighted by molar-refractivity contribution is 0.0970. The van der Waals surface area contributed by atoms with E-state index in [1.807, 2.05) is 0 Å². The third kappa shape index (κ3) is 3.07. The molecule has 2 aliphatic heterocycles. The molecule has 0 spiro atoms. The fourth-order valence-corrected chi connectivity index (χ4v) is 5.32. The van der Waals surface area contributed by atoms with Crippen molar-refractivity contribution in [2.45, 2.75) is 19.0 Å². The summed E-state index contributed by atoms with van der Waals surface area (Å²) in [7, 11) is -3.10. The Kier molecular flexibility index (Phi) is 3.95. The van der Waals surface area contributed by atoms with Crippen molar-refractivity contribution in [1.82, 2.24) is 19.3 Å². The average molecular weight is 416 g/mol. The van der Waals surface area contributed by atoms with Crippen molar-refractivity contribution >= 4 is 26.7 Å². The van der Waals surface area contributed by atoms with Crippen molar-refractivity contribution in [2.75, 3.05) is 18.3 Å². The highest BCUT2D eigenvalue weighted by Crippen LogP contribution is 2.32. The van der Waals surface area contributed by atoms with Crippen molar-refractivity contribution in [2.24, 2.45) is 0 Å². The van der Waals surface area contributed by atoms with E-state index in [2.05, 4.69) is 10.1 Å². The molecule has 1 fully saturated rings. The Hall–Kier alpha value is -3.21. The summed E-state index contributed by atoms with van der Waals surface area (Å²) in [6, 6.07) is 4.51. The van der Waals surface area contributed by atoms with Crippen molar-refractivity contribution in [3.05, 3.63) is 46.6 Å². The van der Waals surface area contributed by atoms with E-state index < -0.39 is 15.4 Å². The van der Waals surface area contributed by atoms with Gasteiger partial charge in [-0.25, -0.2) is 18.1 Å². The van der Waals surface area contributed by atoms with Gasteiger partial charge in [-0.05, 0) is 24.6 Å². The lowest BCUT2D eigenvalue weighted by Gasteiger charge is -2.10. The van der Waals surface area contributed by atoms with Gasteiger partial charge in [0.2, 0.25) is 6.79 Å². The molecule has 11 heteroatoms. The lowest BCUT2D eigenvalue weighted by Crippen LogP contribution is -2.25. The SMILES string of the molecule is O=C(Cn1cnc2c(cnn2[C@H]2CCS(=O)(=O)C2)c1=O)c1ccc2c(c1)OCO2. The van der Waals surface area contributed by atoms with Crippen LogP contribution in [0.4, 0.5) is 0 Å². The Morgan fingerprint density at radius 3 is 2.86 bits per heavy atom. The number of nitrogens with zero attached hydrogens (tertiary/aromatic N) is 4. The number of Topliss-reactive ketones (excluding diaryl/α,β-unsaturated/α-hetero) is 1. The van der Waals surface area contributed by atoms with E-state index in [1.54, 1.807) is 18.2 Å². The Labute approximate surface area is 164 Å². The zero-order valence-corrected chi connectivity index (χ0v) is 16.0. The molecule has 5 rings (SSSR count). The van der Waals surface area contributed by atoms with Gasteiger partial charge in [-0.2, -0.15) is 5.10 Å². The molecular weight excluding hydrogens is 400 g/mol. The molecule has 3 aromatic rings. The highest BCUT2D eigenvalue weighted by atomic mass is 32.2. The number of sulfone groups is 1. The van der Waals surface area contributed by atoms with E-state index in [1.165, 1.54) is 21.8 Å². The highest BCUT2D eigenvalue weighted by molar-refractivity contribution is 7.91. The Balaban J connectivity index is 1.43. The second kappa shape index (κ2) is 6.41. The number of benzene rings is 1. The molecule has 4 heterocycles. The van der Waals surface area contributed by atoms with Gasteiger partial charge in [0.1, 0.15) is 11.7 Å². The van der Waals surface area contributed by atoms with Crippen LogP contribution in [0.3, 0.4) is 0 Å². The fourth-order valence-electron chi connectivity index (χ4n) is 3.63. The lowest BCUT2D eigenvalue weighted by atomic mass is 10.1. The van der Waals surface area contributed by atoms with Crippen molar-refractivity contribution in [1.29, 1.82) is 0 Å². The van der Waals surface area contributed by atoms with Gasteiger partial charge in [-0.1, -0.05) is 0 Å². The predicted molar refractivity (Wildman–Crippen MR) is 101 cm³/mol. The van der Waals surface area contributed by atoms with E-state index >= 15 is 0 Å². The number of hydrogen-bond donors (Lipinski definition) is 0. The highest BCUT2D eigenvalue weighted by Gasteiger charge is 2.31. The topological polar surface area (TPSA) is 122 Å². The standard InChI is InChI=1S/C18H16N4O6S/c23-14(11-1-2-15-16(5-11)28-10-27-15)7-21-9-19-17-13(18(21)24)6-20-22(17)12-3-4-29(25,26)8-12/h1-2,5-6,9,12H,3-4,7-8,10H2/t12-/m0/s1. The summed E-state index contributed by atoms with van der Waals surface area (Å²) in [5.41, 5.74) is 0.313. The number of carbonyl (C=O) groups is 1. The number of ketones is 1. The van der Waals surface area contributed by atoms with Gasteiger partial charge >= 0.3 is 0 Å². The van der Waals surface area contributed by atoms with Crippen LogP contribution in [0.1, 0.15) is 22.8 Å². The summed E-state index contributed by atoms with van der Waals surface area (Å²) in [5, 5.41) is 4.43. The molecule has 0 radical (unpaired) electrons. The third-order valence-electron chi connectivity index (χ3n) is 5.14. The summed E-state index contributed by atoms with van der Waals surface area (Å²) in [6.07, 6.45) is 3.10. The molecule has 150 valence electrons. The number of ether oxygens (including phenoxy) is 2. The van der Waals surface area contributed by atoms with Gasteiger partial charge in [0.15, 0.2) is 32.8 Å². The van der Waals surface area contributed by atoms with E-state index in [9.17, 15) is 18.0 Å². The van der Waals surface area contributed by atoms with Crippen LogP contribution in [0.15, 0.2) is 35.5 Å². The van der Waals surface area contributed by atoms with Gasteiger partial charge in [-0.3, -0.25) is 14.2 Å². The molecule has 0 saturated carbocycles. The molecule has 1 atom stereocenters. The summed E-state index contributed by atoms with van der Waals surface area (Å²) in [4.78, 5) is 29.7. The van der Waals surface area contributed by atoms with Crippen molar-refractivity contribution in [3.63, 3.8) is 0 Å². The largest absolute Gasteiger partial charge is 0.454 e. The second-order valence-corrected chi connectivity index (χ2v) is 9.28. The Morgan fingerprint density at radius 1 is 1.24 bits per heavy atom. The first-order valence-electron chi connectivity index (χ1n) is 8.97. The normalized spacial score (nSPS) is 19.7. The maximum atomic E-state index is 12.8. The van der Waals surface area contributed by atoms with E-state index in [0.29, 0.717) is 29.1 Å². The van der Waals surface area contributed by atoms with Crippen LogP contribution in [-0.2, 0) is 16.4 Å². The van der Waals surface area contributed by atoms with Crippen LogP contribution in [0.5, 0.6) is 11.5 Å². The van der Waals surface area contributed by atoms with Crippen molar-refractivity contribution in [3.8, 4) is 11.5 Å². The molecule has 1 aromatic carbocycles. The van der Waals surface area contributed by atoms with Gasteiger partial charge in [0.25, 0.3) is 5.56 Å². The quantitative estimate of drug-likeness (QED) is 0.566. The Morgan fingerprint density at radius 2 is 2.07 bits per heavy atom. The summed E-state index contributed by atoms with van der Waals surface area (Å²) in [5.74, 6) is 0.866. The maximum Gasteiger partial charge on any atom is 0.264 e. The number of rotatable bonds is 4. The minimum atomic E-state index is -3.10. The van der Waals surface area contributed by atoms with Crippen LogP contribution >= 0.6 is 0 Å². The third-order valence-corrected chi connectivity index (χ3v) is 6.89. The molecule has 0 N–H and O–H groups in total. The van der Waals surface area contributed by atoms with Crippen LogP contribution in [0, 0.1) is 0 Å². The van der Waals surface area contributed by atoms with Crippen LogP contribution in [0.2, 0.25) is 0 Å². The van der Waals surface area contributed by atoms with E-state index in [-0.39, 0.29) is 42.1 Å². The average Bonchev–Trinajstić information content (AvgIpc) is 3.40. The monoisotopic (exact) mass is 416 g/mol. The maximum absolute atomic E-state index is 12.8. The van der Waals surface area contributed by atoms with Gasteiger partial charge in [0, 0.05) is 5.56 Å². The smallest absolute Gasteiger partial charge is 0.264 e. The molecular formula is C18H16N4O6S. The molecule has 1 saturated heterocycles. The summed E-state index contributed by atoms with van der Waals surface area (Å²) < 4.78 is 36.7. The van der Waals surface area contributed by atoms with Crippen LogP contribution < -0.4 is 15.0 Å². The zero-order chi connectivity index (χ0) is 20.2. The Bertz CT molecular complexity index is 1310. The van der Waals surface area contributed by atoms with Crippen LogP contribution in [-0.4, -0.2) is 51.8 Å². The van der Waals surface area contributed by atoms with Crippen molar-refractivity contribution < 1.29 is 22.7 Å². The number of aromatic nitrogens is 4. The van der Waals surface area contributed by atoms with Crippen LogP contribution in [0.25, 0.3) is 11.0 Å². The molecule has 10 nitrogen and oxygen atoms in total. The molecule has 0 aliphatic carbocycles. The first kappa shape index (κ1) is 17.9. The minimum Gasteiger partial charge on any atom is -0.454 e. The number of fused-ring (bicyclic) bond motifs is 2. The molecule has 0 bridgehead atoms. The van der Waals surface area contributed by atoms with Gasteiger partial charge in [0.05, 0.1) is 30.3 Å². The predicted octanol–water partition coefficient (Wildman–Crippen LogP) is 0.564. The molecule has 0 amide bonds. The number of carbonyl (C=O) groups excluding carboxylic acids is 1. The second-order valence-electron chi connectivity index (χ2n) is 7.05. The molecule has 2 aliphatic rings. The molecule has 2 aromatic heterocycles. The van der Waals surface area contributed by atoms with Gasteiger partial charge < -0.3 is 9.47 Å². The minimum absolute atomic E-state index is 0.0167.